The number of hydroxylamine groups is 1. The zero-order chi connectivity index (χ0) is 9.07. The minimum Gasteiger partial charge on any atom is -0.353 e. The summed E-state index contributed by atoms with van der Waals surface area (Å²) in [5.74, 6) is 0. The molecule has 3 nitrogen and oxygen atoms in total. The third kappa shape index (κ3) is 9.88. The SMILES string of the molecule is CCCCNOCOCCCC. The van der Waals surface area contributed by atoms with Crippen LogP contribution in [0.15, 0.2) is 0 Å². The summed E-state index contributed by atoms with van der Waals surface area (Å²) in [6, 6.07) is 0. The Balaban J connectivity index is 2.73. The lowest BCUT2D eigenvalue weighted by Crippen LogP contribution is -2.18. The molecule has 0 atom stereocenters. The Labute approximate surface area is 75.4 Å². The summed E-state index contributed by atoms with van der Waals surface area (Å²) in [7, 11) is 0. The van der Waals surface area contributed by atoms with Gasteiger partial charge in [-0.1, -0.05) is 26.7 Å². The van der Waals surface area contributed by atoms with Crippen molar-refractivity contribution in [3.8, 4) is 0 Å². The number of hydrogen-bond acceptors (Lipinski definition) is 3. The van der Waals surface area contributed by atoms with E-state index in [-0.39, 0.29) is 0 Å². The summed E-state index contributed by atoms with van der Waals surface area (Å²) in [6.07, 6.45) is 4.61. The van der Waals surface area contributed by atoms with E-state index in [9.17, 15) is 0 Å². The number of hydrogen-bond donors (Lipinski definition) is 1. The summed E-state index contributed by atoms with van der Waals surface area (Å²) >= 11 is 0. The normalized spacial score (nSPS) is 10.5. The van der Waals surface area contributed by atoms with Crippen molar-refractivity contribution >= 4 is 0 Å². The Bertz CT molecular complexity index is 68.9. The predicted octanol–water partition coefficient (Wildman–Crippen LogP) is 2.08. The minimum absolute atomic E-state index is 0.365. The zero-order valence-corrected chi connectivity index (χ0v) is 8.27. The van der Waals surface area contributed by atoms with Gasteiger partial charge in [0.1, 0.15) is 0 Å². The topological polar surface area (TPSA) is 30.5 Å². The van der Waals surface area contributed by atoms with Crippen molar-refractivity contribution in [1.29, 1.82) is 0 Å². The van der Waals surface area contributed by atoms with E-state index < -0.39 is 0 Å². The van der Waals surface area contributed by atoms with Crippen LogP contribution in [0.5, 0.6) is 0 Å². The molecule has 3 heteroatoms. The van der Waals surface area contributed by atoms with E-state index in [4.69, 9.17) is 9.57 Å². The lowest BCUT2D eigenvalue weighted by Gasteiger charge is -2.05. The molecule has 0 aliphatic heterocycles. The fraction of sp³-hybridized carbons (Fsp3) is 1.00. The predicted molar refractivity (Wildman–Crippen MR) is 49.7 cm³/mol. The van der Waals surface area contributed by atoms with E-state index in [0.717, 1.165) is 26.0 Å². The van der Waals surface area contributed by atoms with Crippen LogP contribution in [0, 0.1) is 0 Å². The van der Waals surface area contributed by atoms with Gasteiger partial charge in [-0.2, -0.15) is 5.48 Å². The van der Waals surface area contributed by atoms with E-state index in [1.807, 2.05) is 0 Å². The average Bonchev–Trinajstić information content (AvgIpc) is 2.10. The largest absolute Gasteiger partial charge is 0.353 e. The molecule has 0 aromatic heterocycles. The van der Waals surface area contributed by atoms with Gasteiger partial charge in [-0.25, -0.2) is 0 Å². The summed E-state index contributed by atoms with van der Waals surface area (Å²) < 4.78 is 5.17. The van der Waals surface area contributed by atoms with Crippen LogP contribution >= 0.6 is 0 Å². The number of ether oxygens (including phenoxy) is 1. The van der Waals surface area contributed by atoms with Gasteiger partial charge in [0.15, 0.2) is 6.79 Å². The lowest BCUT2D eigenvalue weighted by molar-refractivity contribution is -0.0993. The quantitative estimate of drug-likeness (QED) is 0.330. The van der Waals surface area contributed by atoms with Gasteiger partial charge in [0.25, 0.3) is 0 Å². The molecule has 0 saturated heterocycles. The van der Waals surface area contributed by atoms with Gasteiger partial charge in [-0.15, -0.1) is 0 Å². The van der Waals surface area contributed by atoms with Crippen molar-refractivity contribution in [1.82, 2.24) is 5.48 Å². The first-order valence-corrected chi connectivity index (χ1v) is 4.84. The van der Waals surface area contributed by atoms with Crippen molar-refractivity contribution in [2.45, 2.75) is 39.5 Å². The van der Waals surface area contributed by atoms with E-state index >= 15 is 0 Å². The van der Waals surface area contributed by atoms with Crippen LogP contribution in [0.4, 0.5) is 0 Å². The van der Waals surface area contributed by atoms with Crippen LogP contribution in [0.3, 0.4) is 0 Å². The van der Waals surface area contributed by atoms with Crippen LogP contribution in [0.1, 0.15) is 39.5 Å². The fourth-order valence-corrected chi connectivity index (χ4v) is 0.710. The molecule has 0 radical (unpaired) electrons. The molecule has 0 bridgehead atoms. The zero-order valence-electron chi connectivity index (χ0n) is 8.27. The number of nitrogens with one attached hydrogen (secondary N) is 1. The highest BCUT2D eigenvalue weighted by Crippen LogP contribution is 1.87. The van der Waals surface area contributed by atoms with Crippen LogP contribution in [0.2, 0.25) is 0 Å². The lowest BCUT2D eigenvalue weighted by atomic mass is 10.3. The van der Waals surface area contributed by atoms with Crippen molar-refractivity contribution in [2.75, 3.05) is 19.9 Å². The summed E-state index contributed by atoms with van der Waals surface area (Å²) in [5.41, 5.74) is 2.84. The molecule has 0 amide bonds. The second kappa shape index (κ2) is 10.9. The molecular weight excluding hydrogens is 154 g/mol. The molecule has 12 heavy (non-hydrogen) atoms. The molecule has 1 N–H and O–H groups in total. The molecule has 0 spiro atoms. The van der Waals surface area contributed by atoms with Crippen molar-refractivity contribution in [3.63, 3.8) is 0 Å². The molecule has 0 aromatic rings. The molecule has 0 rings (SSSR count). The Kier molecular flexibility index (Phi) is 10.8. The summed E-state index contributed by atoms with van der Waals surface area (Å²) in [6.45, 7) is 6.37. The van der Waals surface area contributed by atoms with E-state index in [2.05, 4.69) is 19.3 Å². The van der Waals surface area contributed by atoms with Gasteiger partial charge in [-0.05, 0) is 12.8 Å². The maximum absolute atomic E-state index is 5.17. The van der Waals surface area contributed by atoms with Crippen molar-refractivity contribution in [3.05, 3.63) is 0 Å². The summed E-state index contributed by atoms with van der Waals surface area (Å²) in [4.78, 5) is 5.01. The van der Waals surface area contributed by atoms with Gasteiger partial charge < -0.3 is 4.74 Å². The van der Waals surface area contributed by atoms with Crippen LogP contribution < -0.4 is 5.48 Å². The maximum atomic E-state index is 5.17. The van der Waals surface area contributed by atoms with Gasteiger partial charge in [0.2, 0.25) is 0 Å². The standard InChI is InChI=1S/C9H21NO2/c1-3-5-7-10-12-9-11-8-6-4-2/h10H,3-9H2,1-2H3. The highest BCUT2D eigenvalue weighted by molar-refractivity contribution is 4.33. The molecule has 0 aliphatic carbocycles. The van der Waals surface area contributed by atoms with Crippen molar-refractivity contribution in [2.24, 2.45) is 0 Å². The first kappa shape index (κ1) is 11.9. The molecule has 0 heterocycles. The molecule has 0 unspecified atom stereocenters. The monoisotopic (exact) mass is 175 g/mol. The Hall–Kier alpha value is -0.120. The van der Waals surface area contributed by atoms with Gasteiger partial charge in [-0.3, -0.25) is 4.84 Å². The molecule has 0 fully saturated rings. The second-order valence-electron chi connectivity index (χ2n) is 2.77. The van der Waals surface area contributed by atoms with Crippen molar-refractivity contribution < 1.29 is 9.57 Å². The Morgan fingerprint density at radius 2 is 1.83 bits per heavy atom. The molecule has 0 aromatic carbocycles. The minimum atomic E-state index is 0.365. The smallest absolute Gasteiger partial charge is 0.166 e. The van der Waals surface area contributed by atoms with Crippen LogP contribution in [-0.4, -0.2) is 19.9 Å². The first-order valence-electron chi connectivity index (χ1n) is 4.84. The highest BCUT2D eigenvalue weighted by Gasteiger charge is 1.87. The molecule has 0 aliphatic rings. The maximum Gasteiger partial charge on any atom is 0.166 e. The van der Waals surface area contributed by atoms with Gasteiger partial charge in [0, 0.05) is 13.2 Å². The van der Waals surface area contributed by atoms with Gasteiger partial charge in [0.05, 0.1) is 0 Å². The molecule has 0 saturated carbocycles. The first-order chi connectivity index (χ1) is 5.91. The summed E-state index contributed by atoms with van der Waals surface area (Å²) in [5, 5.41) is 0. The van der Waals surface area contributed by atoms with E-state index in [1.165, 1.54) is 12.8 Å². The van der Waals surface area contributed by atoms with Gasteiger partial charge >= 0.3 is 0 Å². The molecule has 74 valence electrons. The second-order valence-corrected chi connectivity index (χ2v) is 2.77. The fourth-order valence-electron chi connectivity index (χ4n) is 0.710. The van der Waals surface area contributed by atoms with E-state index in [1.54, 1.807) is 0 Å². The number of unbranched alkanes of at least 4 members (excludes halogenated alkanes) is 2. The average molecular weight is 175 g/mol. The van der Waals surface area contributed by atoms with Crippen LogP contribution in [0.25, 0.3) is 0 Å². The molecular formula is C9H21NO2. The van der Waals surface area contributed by atoms with E-state index in [0.29, 0.717) is 6.79 Å². The highest BCUT2D eigenvalue weighted by atomic mass is 16.7. The Morgan fingerprint density at radius 1 is 1.08 bits per heavy atom. The third-order valence-corrected chi connectivity index (χ3v) is 1.52. The van der Waals surface area contributed by atoms with Crippen LogP contribution in [-0.2, 0) is 9.57 Å². The third-order valence-electron chi connectivity index (χ3n) is 1.52. The Morgan fingerprint density at radius 3 is 2.50 bits per heavy atom. The number of rotatable bonds is 9.